The van der Waals surface area contributed by atoms with Crippen LogP contribution in [0.2, 0.25) is 0 Å². The van der Waals surface area contributed by atoms with Gasteiger partial charge in [-0.3, -0.25) is 19.6 Å². The van der Waals surface area contributed by atoms with Crippen molar-refractivity contribution in [3.8, 4) is 11.5 Å². The van der Waals surface area contributed by atoms with E-state index in [-0.39, 0.29) is 11.8 Å². The SMILES string of the molecule is C[C@H]1CCCCN1C(=O)CN1CCN(C(=O)c2cc(-c3ccco3)[nH]n2)CC1. The number of nitrogens with zero attached hydrogens (tertiary/aromatic N) is 4. The molecule has 1 N–H and O–H groups in total. The highest BCUT2D eigenvalue weighted by molar-refractivity contribution is 5.93. The molecule has 2 aliphatic heterocycles. The Kier molecular flexibility index (Phi) is 5.47. The molecule has 8 nitrogen and oxygen atoms in total. The van der Waals surface area contributed by atoms with Crippen molar-refractivity contribution < 1.29 is 14.0 Å². The van der Waals surface area contributed by atoms with Gasteiger partial charge in [-0.15, -0.1) is 0 Å². The maximum atomic E-state index is 12.7. The summed E-state index contributed by atoms with van der Waals surface area (Å²) >= 11 is 0. The zero-order valence-corrected chi connectivity index (χ0v) is 16.3. The molecule has 150 valence electrons. The van der Waals surface area contributed by atoms with Crippen LogP contribution >= 0.6 is 0 Å². The second-order valence-electron chi connectivity index (χ2n) is 7.64. The number of H-pyrrole nitrogens is 1. The molecule has 2 saturated heterocycles. The fourth-order valence-electron chi connectivity index (χ4n) is 4.01. The molecular formula is C20H27N5O3. The third kappa shape index (κ3) is 3.96. The van der Waals surface area contributed by atoms with Crippen molar-refractivity contribution in [3.05, 3.63) is 30.2 Å². The molecule has 2 aromatic rings. The first kappa shape index (κ1) is 18.7. The average Bonchev–Trinajstić information content (AvgIpc) is 3.40. The number of hydrogen-bond acceptors (Lipinski definition) is 5. The number of nitrogens with one attached hydrogen (secondary N) is 1. The minimum Gasteiger partial charge on any atom is -0.463 e. The van der Waals surface area contributed by atoms with Gasteiger partial charge >= 0.3 is 0 Å². The molecule has 2 aliphatic rings. The molecule has 2 amide bonds. The zero-order valence-electron chi connectivity index (χ0n) is 16.3. The molecular weight excluding hydrogens is 358 g/mol. The van der Waals surface area contributed by atoms with Gasteiger partial charge < -0.3 is 14.2 Å². The number of carbonyl (C=O) groups excluding carboxylic acids is 2. The number of piperidine rings is 1. The van der Waals surface area contributed by atoms with E-state index < -0.39 is 0 Å². The van der Waals surface area contributed by atoms with Crippen LogP contribution in [-0.4, -0.2) is 82.0 Å². The van der Waals surface area contributed by atoms with E-state index in [1.54, 1.807) is 23.3 Å². The van der Waals surface area contributed by atoms with E-state index in [0.717, 1.165) is 19.4 Å². The second-order valence-corrected chi connectivity index (χ2v) is 7.64. The topological polar surface area (TPSA) is 85.7 Å². The quantitative estimate of drug-likeness (QED) is 0.868. The Hall–Kier alpha value is -2.61. The number of rotatable bonds is 4. The first-order valence-corrected chi connectivity index (χ1v) is 10.0. The largest absolute Gasteiger partial charge is 0.463 e. The summed E-state index contributed by atoms with van der Waals surface area (Å²) in [5.41, 5.74) is 1.08. The fraction of sp³-hybridized carbons (Fsp3) is 0.550. The Morgan fingerprint density at radius 2 is 2.04 bits per heavy atom. The van der Waals surface area contributed by atoms with Crippen molar-refractivity contribution in [2.45, 2.75) is 32.2 Å². The number of likely N-dealkylation sites (tertiary alicyclic amines) is 1. The maximum Gasteiger partial charge on any atom is 0.274 e. The van der Waals surface area contributed by atoms with Gasteiger partial charge in [0.2, 0.25) is 5.91 Å². The van der Waals surface area contributed by atoms with Crippen molar-refractivity contribution >= 4 is 11.8 Å². The number of amides is 2. The summed E-state index contributed by atoms with van der Waals surface area (Å²) in [5, 5.41) is 6.99. The summed E-state index contributed by atoms with van der Waals surface area (Å²) in [5.74, 6) is 0.772. The Morgan fingerprint density at radius 3 is 2.75 bits per heavy atom. The van der Waals surface area contributed by atoms with Crippen LogP contribution in [0.15, 0.2) is 28.9 Å². The third-order valence-corrected chi connectivity index (χ3v) is 5.73. The number of aromatic nitrogens is 2. The van der Waals surface area contributed by atoms with Gasteiger partial charge in [0.15, 0.2) is 11.5 Å². The van der Waals surface area contributed by atoms with Gasteiger partial charge in [-0.2, -0.15) is 5.10 Å². The molecule has 0 radical (unpaired) electrons. The predicted octanol–water partition coefficient (Wildman–Crippen LogP) is 1.83. The van der Waals surface area contributed by atoms with Crippen molar-refractivity contribution in [3.63, 3.8) is 0 Å². The first-order valence-electron chi connectivity index (χ1n) is 10.0. The molecule has 0 aromatic carbocycles. The van der Waals surface area contributed by atoms with Crippen LogP contribution in [0.4, 0.5) is 0 Å². The average molecular weight is 385 g/mol. The van der Waals surface area contributed by atoms with E-state index in [1.807, 2.05) is 11.0 Å². The lowest BCUT2D eigenvalue weighted by molar-refractivity contribution is -0.136. The van der Waals surface area contributed by atoms with Crippen LogP contribution < -0.4 is 0 Å². The minimum absolute atomic E-state index is 0.0929. The summed E-state index contributed by atoms with van der Waals surface area (Å²) in [6.45, 7) is 6.06. The molecule has 2 fully saturated rings. The molecule has 0 bridgehead atoms. The summed E-state index contributed by atoms with van der Waals surface area (Å²) in [6, 6.07) is 5.67. The van der Waals surface area contributed by atoms with Crippen molar-refractivity contribution in [1.29, 1.82) is 0 Å². The van der Waals surface area contributed by atoms with Crippen LogP contribution in [0, 0.1) is 0 Å². The highest BCUT2D eigenvalue weighted by Gasteiger charge is 2.28. The number of aromatic amines is 1. The summed E-state index contributed by atoms with van der Waals surface area (Å²) < 4.78 is 5.33. The molecule has 4 heterocycles. The van der Waals surface area contributed by atoms with Gasteiger partial charge in [0.1, 0.15) is 5.69 Å². The van der Waals surface area contributed by atoms with Gasteiger partial charge in [0.25, 0.3) is 5.91 Å². The van der Waals surface area contributed by atoms with Gasteiger partial charge in [-0.1, -0.05) is 0 Å². The molecule has 28 heavy (non-hydrogen) atoms. The van der Waals surface area contributed by atoms with Crippen LogP contribution in [0.3, 0.4) is 0 Å². The lowest BCUT2D eigenvalue weighted by atomic mass is 10.0. The third-order valence-electron chi connectivity index (χ3n) is 5.73. The van der Waals surface area contributed by atoms with E-state index in [0.29, 0.717) is 55.9 Å². The van der Waals surface area contributed by atoms with Gasteiger partial charge in [-0.05, 0) is 38.3 Å². The molecule has 8 heteroatoms. The molecule has 0 spiro atoms. The van der Waals surface area contributed by atoms with Crippen molar-refractivity contribution in [2.75, 3.05) is 39.3 Å². The Bertz CT molecular complexity index is 808. The molecule has 4 rings (SSSR count). The summed E-state index contributed by atoms with van der Waals surface area (Å²) in [6.07, 6.45) is 4.99. The molecule has 1 atom stereocenters. The van der Waals surface area contributed by atoms with E-state index in [4.69, 9.17) is 4.42 Å². The fourth-order valence-corrected chi connectivity index (χ4v) is 4.01. The number of carbonyl (C=O) groups is 2. The van der Waals surface area contributed by atoms with Crippen LogP contribution in [0.1, 0.15) is 36.7 Å². The Balaban J connectivity index is 1.29. The number of hydrogen-bond donors (Lipinski definition) is 1. The van der Waals surface area contributed by atoms with Gasteiger partial charge in [0.05, 0.1) is 12.8 Å². The Labute approximate surface area is 164 Å². The highest BCUT2D eigenvalue weighted by atomic mass is 16.3. The van der Waals surface area contributed by atoms with E-state index in [2.05, 4.69) is 22.0 Å². The lowest BCUT2D eigenvalue weighted by Gasteiger charge is -2.37. The lowest BCUT2D eigenvalue weighted by Crippen LogP contribution is -2.53. The van der Waals surface area contributed by atoms with E-state index in [9.17, 15) is 9.59 Å². The highest BCUT2D eigenvalue weighted by Crippen LogP contribution is 2.19. The predicted molar refractivity (Wildman–Crippen MR) is 104 cm³/mol. The van der Waals surface area contributed by atoms with Crippen LogP contribution in [0.25, 0.3) is 11.5 Å². The van der Waals surface area contributed by atoms with Crippen LogP contribution in [-0.2, 0) is 4.79 Å². The van der Waals surface area contributed by atoms with E-state index in [1.165, 1.54) is 6.42 Å². The monoisotopic (exact) mass is 385 g/mol. The number of piperazine rings is 1. The van der Waals surface area contributed by atoms with Gasteiger partial charge in [0, 0.05) is 44.8 Å². The van der Waals surface area contributed by atoms with E-state index >= 15 is 0 Å². The Morgan fingerprint density at radius 1 is 1.21 bits per heavy atom. The maximum absolute atomic E-state index is 12.7. The summed E-state index contributed by atoms with van der Waals surface area (Å²) in [7, 11) is 0. The van der Waals surface area contributed by atoms with Crippen LogP contribution in [0.5, 0.6) is 0 Å². The molecule has 0 aliphatic carbocycles. The molecule has 0 unspecified atom stereocenters. The molecule has 2 aromatic heterocycles. The summed E-state index contributed by atoms with van der Waals surface area (Å²) in [4.78, 5) is 31.3. The smallest absolute Gasteiger partial charge is 0.274 e. The van der Waals surface area contributed by atoms with Crippen molar-refractivity contribution in [2.24, 2.45) is 0 Å². The minimum atomic E-state index is -0.0929. The zero-order chi connectivity index (χ0) is 19.5. The van der Waals surface area contributed by atoms with Crippen molar-refractivity contribution in [1.82, 2.24) is 24.9 Å². The standard InChI is InChI=1S/C20H27N5O3/c1-15-5-2-3-7-25(15)19(26)14-23-8-10-24(11-9-23)20(27)17-13-16(21-22-17)18-6-4-12-28-18/h4,6,12-13,15H,2-3,5,7-11,14H2,1H3,(H,21,22)/t15-/m0/s1. The van der Waals surface area contributed by atoms with Gasteiger partial charge in [-0.25, -0.2) is 0 Å². The first-order chi connectivity index (χ1) is 13.6. The second kappa shape index (κ2) is 8.18. The normalized spacial score (nSPS) is 21.1. The molecule has 0 saturated carbocycles. The number of furan rings is 1.